The zero-order valence-corrected chi connectivity index (χ0v) is 11.4. The number of hydrogen-bond acceptors (Lipinski definition) is 2. The predicted molar refractivity (Wildman–Crippen MR) is 74.6 cm³/mol. The third-order valence-corrected chi connectivity index (χ3v) is 3.66. The summed E-state index contributed by atoms with van der Waals surface area (Å²) >= 11 is 0. The van der Waals surface area contributed by atoms with Crippen molar-refractivity contribution in [3.63, 3.8) is 0 Å². The molecule has 1 fully saturated rings. The minimum atomic E-state index is -0.0559. The molecule has 1 aromatic carbocycles. The van der Waals surface area contributed by atoms with Gasteiger partial charge in [0.25, 0.3) is 0 Å². The van der Waals surface area contributed by atoms with E-state index in [2.05, 4.69) is 17.1 Å². The summed E-state index contributed by atoms with van der Waals surface area (Å²) < 4.78 is 14.0. The molecule has 100 valence electrons. The van der Waals surface area contributed by atoms with Gasteiger partial charge in [0.2, 0.25) is 0 Å². The van der Waals surface area contributed by atoms with Crippen molar-refractivity contribution >= 4 is 5.69 Å². The van der Waals surface area contributed by atoms with Gasteiger partial charge in [0.1, 0.15) is 5.82 Å². The summed E-state index contributed by atoms with van der Waals surface area (Å²) in [6, 6.07) is 5.66. The maximum absolute atomic E-state index is 14.0. The normalized spacial score (nSPS) is 19.5. The average molecular weight is 250 g/mol. The highest BCUT2D eigenvalue weighted by molar-refractivity contribution is 5.51. The molecule has 2 rings (SSSR count). The van der Waals surface area contributed by atoms with Crippen LogP contribution in [0, 0.1) is 18.7 Å². The summed E-state index contributed by atoms with van der Waals surface area (Å²) in [7, 11) is 0. The van der Waals surface area contributed by atoms with E-state index in [9.17, 15) is 4.39 Å². The quantitative estimate of drug-likeness (QED) is 0.808. The standard InChI is InChI=1S/C15H23FN2/c1-3-8-17-10-13-7-9-18(11-13)14-6-4-5-12(2)15(14)16/h4-6,13,17H,3,7-11H2,1-2H3. The van der Waals surface area contributed by atoms with Crippen molar-refractivity contribution < 1.29 is 4.39 Å². The molecule has 0 saturated carbocycles. The van der Waals surface area contributed by atoms with E-state index in [1.54, 1.807) is 0 Å². The number of halogens is 1. The summed E-state index contributed by atoms with van der Waals surface area (Å²) in [5.41, 5.74) is 1.51. The molecule has 0 spiro atoms. The van der Waals surface area contributed by atoms with Crippen LogP contribution in [0.5, 0.6) is 0 Å². The van der Waals surface area contributed by atoms with Crippen LogP contribution in [-0.2, 0) is 0 Å². The van der Waals surface area contributed by atoms with Gasteiger partial charge in [-0.1, -0.05) is 19.1 Å². The lowest BCUT2D eigenvalue weighted by Crippen LogP contribution is -2.27. The monoisotopic (exact) mass is 250 g/mol. The molecule has 1 unspecified atom stereocenters. The minimum Gasteiger partial charge on any atom is -0.369 e. The molecule has 0 aliphatic carbocycles. The molecule has 3 heteroatoms. The highest BCUT2D eigenvalue weighted by atomic mass is 19.1. The minimum absolute atomic E-state index is 0.0559. The van der Waals surface area contributed by atoms with Crippen LogP contribution in [0.25, 0.3) is 0 Å². The number of nitrogens with one attached hydrogen (secondary N) is 1. The summed E-state index contributed by atoms with van der Waals surface area (Å²) in [4.78, 5) is 2.18. The highest BCUT2D eigenvalue weighted by Gasteiger charge is 2.24. The van der Waals surface area contributed by atoms with Crippen molar-refractivity contribution in [1.82, 2.24) is 5.32 Å². The Balaban J connectivity index is 1.94. The van der Waals surface area contributed by atoms with Gasteiger partial charge in [-0.15, -0.1) is 0 Å². The Morgan fingerprint density at radius 2 is 2.28 bits per heavy atom. The number of aryl methyl sites for hydroxylation is 1. The van der Waals surface area contributed by atoms with Crippen LogP contribution < -0.4 is 10.2 Å². The Kier molecular flexibility index (Phi) is 4.59. The molecule has 1 aliphatic rings. The van der Waals surface area contributed by atoms with Gasteiger partial charge < -0.3 is 10.2 Å². The molecule has 1 aromatic rings. The number of nitrogens with zero attached hydrogens (tertiary/aromatic N) is 1. The zero-order chi connectivity index (χ0) is 13.0. The smallest absolute Gasteiger partial charge is 0.149 e. The molecule has 0 bridgehead atoms. The summed E-state index contributed by atoms with van der Waals surface area (Å²) in [5, 5.41) is 3.45. The van der Waals surface area contributed by atoms with Crippen LogP contribution in [0.3, 0.4) is 0 Å². The van der Waals surface area contributed by atoms with Crippen LogP contribution in [0.4, 0.5) is 10.1 Å². The van der Waals surface area contributed by atoms with Crippen LogP contribution >= 0.6 is 0 Å². The fourth-order valence-corrected chi connectivity index (χ4v) is 2.58. The third kappa shape index (κ3) is 3.02. The van der Waals surface area contributed by atoms with Gasteiger partial charge in [0.05, 0.1) is 5.69 Å². The SMILES string of the molecule is CCCNCC1CCN(c2cccc(C)c2F)C1. The lowest BCUT2D eigenvalue weighted by molar-refractivity contribution is 0.515. The fraction of sp³-hybridized carbons (Fsp3) is 0.600. The second-order valence-corrected chi connectivity index (χ2v) is 5.21. The first-order valence-corrected chi connectivity index (χ1v) is 6.93. The molecule has 2 nitrogen and oxygen atoms in total. The first-order chi connectivity index (χ1) is 8.72. The van der Waals surface area contributed by atoms with Gasteiger partial charge in [-0.3, -0.25) is 0 Å². The topological polar surface area (TPSA) is 15.3 Å². The number of hydrogen-bond donors (Lipinski definition) is 1. The molecule has 1 saturated heterocycles. The second-order valence-electron chi connectivity index (χ2n) is 5.21. The fourth-order valence-electron chi connectivity index (χ4n) is 2.58. The average Bonchev–Trinajstić information content (AvgIpc) is 2.82. The molecule has 0 amide bonds. The molecule has 18 heavy (non-hydrogen) atoms. The predicted octanol–water partition coefficient (Wildman–Crippen LogP) is 2.96. The maximum atomic E-state index is 14.0. The van der Waals surface area contributed by atoms with Gasteiger partial charge in [0, 0.05) is 13.1 Å². The molecule has 1 aliphatic heterocycles. The third-order valence-electron chi connectivity index (χ3n) is 3.66. The van der Waals surface area contributed by atoms with Crippen molar-refractivity contribution in [3.8, 4) is 0 Å². The second kappa shape index (κ2) is 6.19. The van der Waals surface area contributed by atoms with E-state index in [1.807, 2.05) is 25.1 Å². The Hall–Kier alpha value is -1.09. The van der Waals surface area contributed by atoms with E-state index in [4.69, 9.17) is 0 Å². The van der Waals surface area contributed by atoms with Crippen LogP contribution in [0.2, 0.25) is 0 Å². The van der Waals surface area contributed by atoms with Crippen molar-refractivity contribution in [2.24, 2.45) is 5.92 Å². The van der Waals surface area contributed by atoms with E-state index in [-0.39, 0.29) is 5.82 Å². The molecule has 1 N–H and O–H groups in total. The highest BCUT2D eigenvalue weighted by Crippen LogP contribution is 2.27. The van der Waals surface area contributed by atoms with Crippen LogP contribution in [0.1, 0.15) is 25.3 Å². The van der Waals surface area contributed by atoms with E-state index >= 15 is 0 Å². The molecular formula is C15H23FN2. The maximum Gasteiger partial charge on any atom is 0.149 e. The van der Waals surface area contributed by atoms with Gasteiger partial charge in [-0.05, 0) is 50.4 Å². The van der Waals surface area contributed by atoms with Crippen LogP contribution in [0.15, 0.2) is 18.2 Å². The van der Waals surface area contributed by atoms with Crippen molar-refractivity contribution in [2.75, 3.05) is 31.1 Å². The van der Waals surface area contributed by atoms with E-state index < -0.39 is 0 Å². The van der Waals surface area contributed by atoms with Crippen LogP contribution in [-0.4, -0.2) is 26.2 Å². The molecule has 1 atom stereocenters. The van der Waals surface area contributed by atoms with Gasteiger partial charge in [-0.2, -0.15) is 0 Å². The van der Waals surface area contributed by atoms with Gasteiger partial charge >= 0.3 is 0 Å². The van der Waals surface area contributed by atoms with E-state index in [1.165, 1.54) is 6.42 Å². The zero-order valence-electron chi connectivity index (χ0n) is 11.4. The van der Waals surface area contributed by atoms with E-state index in [0.29, 0.717) is 5.92 Å². The van der Waals surface area contributed by atoms with Gasteiger partial charge in [-0.25, -0.2) is 4.39 Å². The largest absolute Gasteiger partial charge is 0.369 e. The first kappa shape index (κ1) is 13.3. The van der Waals surface area contributed by atoms with Crippen molar-refractivity contribution in [2.45, 2.75) is 26.7 Å². The molecule has 1 heterocycles. The summed E-state index contributed by atoms with van der Waals surface area (Å²) in [5.74, 6) is 0.594. The Morgan fingerprint density at radius 3 is 3.06 bits per heavy atom. The Bertz CT molecular complexity index is 392. The number of anilines is 1. The van der Waals surface area contributed by atoms with Gasteiger partial charge in [0.15, 0.2) is 0 Å². The number of rotatable bonds is 5. The lowest BCUT2D eigenvalue weighted by atomic mass is 10.1. The van der Waals surface area contributed by atoms with E-state index in [0.717, 1.165) is 43.9 Å². The molecular weight excluding hydrogens is 227 g/mol. The molecule has 0 radical (unpaired) electrons. The number of benzene rings is 1. The Morgan fingerprint density at radius 1 is 1.44 bits per heavy atom. The summed E-state index contributed by atoms with van der Waals surface area (Å²) in [6.07, 6.45) is 2.33. The van der Waals surface area contributed by atoms with Crippen molar-refractivity contribution in [1.29, 1.82) is 0 Å². The Labute approximate surface area is 109 Å². The molecule has 0 aromatic heterocycles. The lowest BCUT2D eigenvalue weighted by Gasteiger charge is -2.20. The van der Waals surface area contributed by atoms with Crippen molar-refractivity contribution in [3.05, 3.63) is 29.6 Å². The first-order valence-electron chi connectivity index (χ1n) is 6.93. The summed E-state index contributed by atoms with van der Waals surface area (Å²) in [6.45, 7) is 8.08.